The highest BCUT2D eigenvalue weighted by molar-refractivity contribution is 5.85. The number of phenolic OH excluding ortho intramolecular Hbond substituents is 1. The monoisotopic (exact) mass is 345 g/mol. The first-order chi connectivity index (χ1) is 10.9. The summed E-state index contributed by atoms with van der Waals surface area (Å²) < 4.78 is 0. The van der Waals surface area contributed by atoms with Gasteiger partial charge in [0.15, 0.2) is 0 Å². The van der Waals surface area contributed by atoms with E-state index in [0.717, 1.165) is 17.5 Å². The minimum absolute atomic E-state index is 0.0250. The van der Waals surface area contributed by atoms with Gasteiger partial charge in [0.05, 0.1) is 5.54 Å². The molecule has 1 aromatic rings. The van der Waals surface area contributed by atoms with E-state index in [2.05, 4.69) is 88.3 Å². The van der Waals surface area contributed by atoms with Crippen molar-refractivity contribution in [2.24, 2.45) is 10.4 Å². The van der Waals surface area contributed by atoms with Gasteiger partial charge in [0.2, 0.25) is 0 Å². The van der Waals surface area contributed by atoms with Crippen LogP contribution < -0.4 is 0 Å². The first-order valence-electron chi connectivity index (χ1n) is 9.36. The molecule has 25 heavy (non-hydrogen) atoms. The third-order valence-electron chi connectivity index (χ3n) is 4.33. The van der Waals surface area contributed by atoms with Crippen molar-refractivity contribution >= 4 is 6.21 Å². The maximum atomic E-state index is 10.9. The molecular weight excluding hydrogens is 306 g/mol. The topological polar surface area (TPSA) is 32.6 Å². The zero-order chi connectivity index (χ0) is 19.8. The number of aromatic hydroxyl groups is 1. The lowest BCUT2D eigenvalue weighted by Crippen LogP contribution is -2.25. The molecule has 0 bridgehead atoms. The Labute approximate surface area is 155 Å². The van der Waals surface area contributed by atoms with E-state index in [1.54, 1.807) is 0 Å². The molecule has 0 amide bonds. The molecule has 1 N–H and O–H groups in total. The van der Waals surface area contributed by atoms with Crippen LogP contribution in [0.2, 0.25) is 0 Å². The second-order valence-electron chi connectivity index (χ2n) is 11.3. The Morgan fingerprint density at radius 2 is 1.36 bits per heavy atom. The Hall–Kier alpha value is -1.31. The fraction of sp³-hybridized carbons (Fsp3) is 0.696. The van der Waals surface area contributed by atoms with E-state index in [0.29, 0.717) is 5.75 Å². The lowest BCUT2D eigenvalue weighted by atomic mass is 9.79. The molecule has 0 fully saturated rings. The fourth-order valence-electron chi connectivity index (χ4n) is 3.35. The standard InChI is InChI=1S/C23H39NO/c1-20(2,3)15-23(10,11)24-14-16-12-17(21(4,5)6)13-18(19(16)25)22(7,8)9/h12-14,25H,15H2,1-11H3. The van der Waals surface area contributed by atoms with Gasteiger partial charge in [-0.25, -0.2) is 0 Å². The average Bonchev–Trinajstić information content (AvgIpc) is 2.31. The Morgan fingerprint density at radius 1 is 0.840 bits per heavy atom. The summed E-state index contributed by atoms with van der Waals surface area (Å²) in [5.74, 6) is 0.357. The predicted octanol–water partition coefficient (Wildman–Crippen LogP) is 6.62. The summed E-state index contributed by atoms with van der Waals surface area (Å²) in [7, 11) is 0. The van der Waals surface area contributed by atoms with Gasteiger partial charge in [0.1, 0.15) is 5.75 Å². The molecule has 2 heteroatoms. The van der Waals surface area contributed by atoms with Crippen LogP contribution >= 0.6 is 0 Å². The average molecular weight is 346 g/mol. The van der Waals surface area contributed by atoms with Gasteiger partial charge >= 0.3 is 0 Å². The van der Waals surface area contributed by atoms with Crippen LogP contribution in [0.15, 0.2) is 17.1 Å². The van der Waals surface area contributed by atoms with E-state index in [-0.39, 0.29) is 21.8 Å². The van der Waals surface area contributed by atoms with Gasteiger partial charge in [-0.05, 0) is 48.1 Å². The highest BCUT2D eigenvalue weighted by Crippen LogP contribution is 2.37. The van der Waals surface area contributed by atoms with Crippen molar-refractivity contribution in [2.75, 3.05) is 0 Å². The van der Waals surface area contributed by atoms with E-state index in [9.17, 15) is 5.11 Å². The van der Waals surface area contributed by atoms with Crippen LogP contribution in [0.4, 0.5) is 0 Å². The van der Waals surface area contributed by atoms with Gasteiger partial charge in [-0.2, -0.15) is 0 Å². The van der Waals surface area contributed by atoms with E-state index < -0.39 is 0 Å². The molecular formula is C23H39NO. The molecule has 0 heterocycles. The SMILES string of the molecule is CC(C)(C)CC(C)(C)N=Cc1cc(C(C)(C)C)cc(C(C)(C)C)c1O. The molecule has 0 aliphatic carbocycles. The Balaban J connectivity index is 3.42. The van der Waals surface area contributed by atoms with Gasteiger partial charge in [0, 0.05) is 17.3 Å². The number of rotatable bonds is 3. The third kappa shape index (κ3) is 6.49. The molecule has 0 saturated heterocycles. The molecule has 0 radical (unpaired) electrons. The van der Waals surface area contributed by atoms with Crippen molar-refractivity contribution in [3.63, 3.8) is 0 Å². The van der Waals surface area contributed by atoms with E-state index >= 15 is 0 Å². The Morgan fingerprint density at radius 3 is 1.76 bits per heavy atom. The van der Waals surface area contributed by atoms with Crippen molar-refractivity contribution < 1.29 is 5.11 Å². The summed E-state index contributed by atoms with van der Waals surface area (Å²) in [5, 5.41) is 10.9. The molecule has 1 aromatic carbocycles. The highest BCUT2D eigenvalue weighted by Gasteiger charge is 2.26. The largest absolute Gasteiger partial charge is 0.507 e. The Bertz CT molecular complexity index is 632. The lowest BCUT2D eigenvalue weighted by molar-refractivity contribution is 0.289. The van der Waals surface area contributed by atoms with Gasteiger partial charge in [0.25, 0.3) is 0 Å². The van der Waals surface area contributed by atoms with Crippen LogP contribution in [0.1, 0.15) is 99.3 Å². The van der Waals surface area contributed by atoms with Gasteiger partial charge in [-0.1, -0.05) is 68.4 Å². The van der Waals surface area contributed by atoms with Crippen molar-refractivity contribution in [3.05, 3.63) is 28.8 Å². The molecule has 2 nitrogen and oxygen atoms in total. The molecule has 0 aliphatic rings. The van der Waals surface area contributed by atoms with Gasteiger partial charge in [-0.3, -0.25) is 4.99 Å². The molecule has 0 spiro atoms. The molecule has 1 rings (SSSR count). The lowest BCUT2D eigenvalue weighted by Gasteiger charge is -2.29. The third-order valence-corrected chi connectivity index (χ3v) is 4.33. The summed E-state index contributed by atoms with van der Waals surface area (Å²) in [6.45, 7) is 24.0. The molecule has 0 aromatic heterocycles. The molecule has 0 unspecified atom stereocenters. The zero-order valence-corrected chi connectivity index (χ0v) is 18.3. The zero-order valence-electron chi connectivity index (χ0n) is 18.3. The molecule has 0 atom stereocenters. The summed E-state index contributed by atoms with van der Waals surface area (Å²) >= 11 is 0. The maximum absolute atomic E-state index is 10.9. The van der Waals surface area contributed by atoms with Crippen LogP contribution in [0.3, 0.4) is 0 Å². The molecule has 142 valence electrons. The summed E-state index contributed by atoms with van der Waals surface area (Å²) in [6.07, 6.45) is 2.86. The maximum Gasteiger partial charge on any atom is 0.128 e. The molecule has 0 aliphatic heterocycles. The summed E-state index contributed by atoms with van der Waals surface area (Å²) in [4.78, 5) is 4.83. The number of phenols is 1. The fourth-order valence-corrected chi connectivity index (χ4v) is 3.35. The van der Waals surface area contributed by atoms with E-state index in [1.807, 2.05) is 6.21 Å². The van der Waals surface area contributed by atoms with Crippen LogP contribution in [-0.2, 0) is 10.8 Å². The second-order valence-corrected chi connectivity index (χ2v) is 11.3. The number of hydrogen-bond acceptors (Lipinski definition) is 2. The van der Waals surface area contributed by atoms with E-state index in [1.165, 1.54) is 5.56 Å². The number of benzene rings is 1. The second kappa shape index (κ2) is 6.78. The number of hydrogen-bond donors (Lipinski definition) is 1. The summed E-state index contributed by atoms with van der Waals surface area (Å²) in [6, 6.07) is 4.23. The van der Waals surface area contributed by atoms with Crippen LogP contribution in [0.25, 0.3) is 0 Å². The summed E-state index contributed by atoms with van der Waals surface area (Å²) in [5.41, 5.74) is 2.99. The number of aliphatic imine (C=N–C) groups is 1. The number of nitrogens with zero attached hydrogens (tertiary/aromatic N) is 1. The normalized spacial score (nSPS) is 14.4. The first-order valence-corrected chi connectivity index (χ1v) is 9.36. The molecule has 0 saturated carbocycles. The predicted molar refractivity (Wildman–Crippen MR) is 111 cm³/mol. The minimum atomic E-state index is -0.162. The van der Waals surface area contributed by atoms with Crippen molar-refractivity contribution in [3.8, 4) is 5.75 Å². The van der Waals surface area contributed by atoms with Crippen LogP contribution in [0.5, 0.6) is 5.75 Å². The van der Waals surface area contributed by atoms with Crippen LogP contribution in [0, 0.1) is 5.41 Å². The van der Waals surface area contributed by atoms with Crippen molar-refractivity contribution in [1.29, 1.82) is 0 Å². The van der Waals surface area contributed by atoms with Crippen molar-refractivity contribution in [1.82, 2.24) is 0 Å². The first kappa shape index (κ1) is 21.7. The quantitative estimate of drug-likeness (QED) is 0.613. The van der Waals surface area contributed by atoms with Gasteiger partial charge in [-0.15, -0.1) is 0 Å². The van der Waals surface area contributed by atoms with Crippen molar-refractivity contribution in [2.45, 2.75) is 99.0 Å². The Kier molecular flexibility index (Phi) is 5.89. The van der Waals surface area contributed by atoms with Crippen LogP contribution in [-0.4, -0.2) is 16.9 Å². The van der Waals surface area contributed by atoms with Gasteiger partial charge < -0.3 is 5.11 Å². The highest BCUT2D eigenvalue weighted by atomic mass is 16.3. The van der Waals surface area contributed by atoms with E-state index in [4.69, 9.17) is 4.99 Å². The smallest absolute Gasteiger partial charge is 0.128 e. The minimum Gasteiger partial charge on any atom is -0.507 e.